The second kappa shape index (κ2) is 6.21. The molecule has 1 rings (SSSR count). The zero-order valence-corrected chi connectivity index (χ0v) is 10.8. The third kappa shape index (κ3) is 3.72. The minimum Gasteiger partial charge on any atom is -0.398 e. The standard InChI is InChI=1S/C13H16N2OS/c1-4-8-15-13(16)10(3)17-12-7-5-6-11(14)9(12)2/h1,5-7,10H,8,14H2,2-3H3,(H,15,16). The highest BCUT2D eigenvalue weighted by Gasteiger charge is 2.14. The lowest BCUT2D eigenvalue weighted by Crippen LogP contribution is -2.31. The van der Waals surface area contributed by atoms with Crippen LogP contribution in [0.3, 0.4) is 0 Å². The molecule has 0 saturated heterocycles. The number of carbonyl (C=O) groups excluding carboxylic acids is 1. The number of hydrogen-bond acceptors (Lipinski definition) is 3. The molecule has 90 valence electrons. The predicted octanol–water partition coefficient (Wildman–Crippen LogP) is 1.81. The number of carbonyl (C=O) groups is 1. The molecule has 0 radical (unpaired) electrons. The van der Waals surface area contributed by atoms with Crippen molar-refractivity contribution in [2.75, 3.05) is 12.3 Å². The van der Waals surface area contributed by atoms with Gasteiger partial charge in [0.15, 0.2) is 0 Å². The molecular formula is C13H16N2OS. The topological polar surface area (TPSA) is 55.1 Å². The largest absolute Gasteiger partial charge is 0.398 e. The average molecular weight is 248 g/mol. The molecular weight excluding hydrogens is 232 g/mol. The molecule has 1 aromatic carbocycles. The first-order valence-corrected chi connectivity index (χ1v) is 6.17. The molecule has 0 bridgehead atoms. The molecule has 4 heteroatoms. The maximum absolute atomic E-state index is 11.6. The van der Waals surface area contributed by atoms with Crippen LogP contribution in [-0.4, -0.2) is 17.7 Å². The summed E-state index contributed by atoms with van der Waals surface area (Å²) in [4.78, 5) is 12.7. The van der Waals surface area contributed by atoms with Crippen LogP contribution in [0.4, 0.5) is 5.69 Å². The highest BCUT2D eigenvalue weighted by Crippen LogP contribution is 2.29. The predicted molar refractivity (Wildman–Crippen MR) is 72.8 cm³/mol. The van der Waals surface area contributed by atoms with Crippen LogP contribution in [0.5, 0.6) is 0 Å². The number of amides is 1. The van der Waals surface area contributed by atoms with Crippen molar-refractivity contribution >= 4 is 23.4 Å². The summed E-state index contributed by atoms with van der Waals surface area (Å²) in [7, 11) is 0. The van der Waals surface area contributed by atoms with Crippen molar-refractivity contribution in [1.82, 2.24) is 5.32 Å². The first kappa shape index (κ1) is 13.5. The second-order valence-electron chi connectivity index (χ2n) is 3.65. The quantitative estimate of drug-likeness (QED) is 0.485. The lowest BCUT2D eigenvalue weighted by atomic mass is 10.2. The fourth-order valence-corrected chi connectivity index (χ4v) is 2.31. The van der Waals surface area contributed by atoms with Crippen LogP contribution in [0.2, 0.25) is 0 Å². The summed E-state index contributed by atoms with van der Waals surface area (Å²) in [5.74, 6) is 2.32. The molecule has 0 spiro atoms. The summed E-state index contributed by atoms with van der Waals surface area (Å²) in [6, 6.07) is 5.69. The Balaban J connectivity index is 2.68. The summed E-state index contributed by atoms with van der Waals surface area (Å²) >= 11 is 1.48. The zero-order valence-electron chi connectivity index (χ0n) is 9.99. The third-order valence-corrected chi connectivity index (χ3v) is 3.63. The lowest BCUT2D eigenvalue weighted by Gasteiger charge is -2.13. The van der Waals surface area contributed by atoms with E-state index in [2.05, 4.69) is 11.2 Å². The highest BCUT2D eigenvalue weighted by atomic mass is 32.2. The van der Waals surface area contributed by atoms with Crippen LogP contribution in [-0.2, 0) is 4.79 Å². The van der Waals surface area contributed by atoms with Gasteiger partial charge in [-0.05, 0) is 31.5 Å². The third-order valence-electron chi connectivity index (χ3n) is 2.36. The Morgan fingerprint density at radius 2 is 2.35 bits per heavy atom. The van der Waals surface area contributed by atoms with Crippen LogP contribution in [0.1, 0.15) is 12.5 Å². The average Bonchev–Trinajstić information content (AvgIpc) is 2.31. The molecule has 0 saturated carbocycles. The van der Waals surface area contributed by atoms with Gasteiger partial charge in [-0.2, -0.15) is 0 Å². The Labute approximate surface area is 106 Å². The van der Waals surface area contributed by atoms with Crippen molar-refractivity contribution in [3.8, 4) is 12.3 Å². The molecule has 0 aliphatic carbocycles. The number of thioether (sulfide) groups is 1. The van der Waals surface area contributed by atoms with Crippen LogP contribution in [0, 0.1) is 19.3 Å². The Morgan fingerprint density at radius 1 is 1.65 bits per heavy atom. The summed E-state index contributed by atoms with van der Waals surface area (Å²) in [6.07, 6.45) is 5.09. The summed E-state index contributed by atoms with van der Waals surface area (Å²) in [5.41, 5.74) is 7.56. The Morgan fingerprint density at radius 3 is 3.00 bits per heavy atom. The first-order chi connectivity index (χ1) is 8.06. The van der Waals surface area contributed by atoms with Gasteiger partial charge in [-0.1, -0.05) is 12.0 Å². The Bertz CT molecular complexity index is 451. The van der Waals surface area contributed by atoms with Crippen molar-refractivity contribution in [2.24, 2.45) is 0 Å². The molecule has 17 heavy (non-hydrogen) atoms. The van der Waals surface area contributed by atoms with Gasteiger partial charge in [0, 0.05) is 10.6 Å². The van der Waals surface area contributed by atoms with Gasteiger partial charge in [-0.3, -0.25) is 4.79 Å². The van der Waals surface area contributed by atoms with Crippen LogP contribution < -0.4 is 11.1 Å². The molecule has 0 aromatic heterocycles. The molecule has 0 heterocycles. The normalized spacial score (nSPS) is 11.6. The summed E-state index contributed by atoms with van der Waals surface area (Å²) in [5, 5.41) is 2.47. The first-order valence-electron chi connectivity index (χ1n) is 5.29. The van der Waals surface area contributed by atoms with Gasteiger partial charge < -0.3 is 11.1 Å². The van der Waals surface area contributed by atoms with Gasteiger partial charge in [0.1, 0.15) is 0 Å². The van der Waals surface area contributed by atoms with E-state index in [-0.39, 0.29) is 17.7 Å². The van der Waals surface area contributed by atoms with E-state index >= 15 is 0 Å². The SMILES string of the molecule is C#CCNC(=O)C(C)Sc1cccc(N)c1C. The molecule has 1 amide bonds. The number of benzene rings is 1. The fraction of sp³-hybridized carbons (Fsp3) is 0.308. The van der Waals surface area contributed by atoms with Gasteiger partial charge in [0.2, 0.25) is 5.91 Å². The van der Waals surface area contributed by atoms with Crippen molar-refractivity contribution < 1.29 is 4.79 Å². The molecule has 0 aliphatic heterocycles. The van der Waals surface area contributed by atoms with Gasteiger partial charge in [-0.25, -0.2) is 0 Å². The number of hydrogen-bond donors (Lipinski definition) is 2. The van der Waals surface area contributed by atoms with Crippen molar-refractivity contribution in [3.05, 3.63) is 23.8 Å². The number of nitrogens with one attached hydrogen (secondary N) is 1. The number of nitrogen functional groups attached to an aromatic ring is 1. The van der Waals surface area contributed by atoms with E-state index < -0.39 is 0 Å². The van der Waals surface area contributed by atoms with E-state index in [1.165, 1.54) is 11.8 Å². The molecule has 3 N–H and O–H groups in total. The van der Waals surface area contributed by atoms with Crippen LogP contribution in [0.25, 0.3) is 0 Å². The van der Waals surface area contributed by atoms with Gasteiger partial charge in [0.05, 0.1) is 11.8 Å². The number of terminal acetylenes is 1. The summed E-state index contributed by atoms with van der Waals surface area (Å²) in [6.45, 7) is 4.06. The molecule has 1 unspecified atom stereocenters. The van der Waals surface area contributed by atoms with Crippen LogP contribution >= 0.6 is 11.8 Å². The summed E-state index contributed by atoms with van der Waals surface area (Å²) < 4.78 is 0. The zero-order chi connectivity index (χ0) is 12.8. The molecule has 3 nitrogen and oxygen atoms in total. The number of anilines is 1. The molecule has 1 aromatic rings. The van der Waals surface area contributed by atoms with Gasteiger partial charge in [0.25, 0.3) is 0 Å². The molecule has 0 fully saturated rings. The second-order valence-corrected chi connectivity index (χ2v) is 5.04. The smallest absolute Gasteiger partial charge is 0.233 e. The van der Waals surface area contributed by atoms with Crippen LogP contribution in [0.15, 0.2) is 23.1 Å². The minimum atomic E-state index is -0.191. The number of rotatable bonds is 4. The fourth-order valence-electron chi connectivity index (χ4n) is 1.28. The van der Waals surface area contributed by atoms with E-state index in [0.29, 0.717) is 0 Å². The van der Waals surface area contributed by atoms with E-state index in [1.54, 1.807) is 0 Å². The van der Waals surface area contributed by atoms with Gasteiger partial charge >= 0.3 is 0 Å². The lowest BCUT2D eigenvalue weighted by molar-refractivity contribution is -0.120. The van der Waals surface area contributed by atoms with E-state index in [9.17, 15) is 4.79 Å². The molecule has 1 atom stereocenters. The molecule has 0 aliphatic rings. The minimum absolute atomic E-state index is 0.0604. The maximum atomic E-state index is 11.6. The Kier molecular flexibility index (Phi) is 4.92. The van der Waals surface area contributed by atoms with Crippen molar-refractivity contribution in [3.63, 3.8) is 0 Å². The van der Waals surface area contributed by atoms with Gasteiger partial charge in [-0.15, -0.1) is 18.2 Å². The number of nitrogens with two attached hydrogens (primary N) is 1. The van der Waals surface area contributed by atoms with E-state index in [4.69, 9.17) is 12.2 Å². The highest BCUT2D eigenvalue weighted by molar-refractivity contribution is 8.00. The van der Waals surface area contributed by atoms with E-state index in [0.717, 1.165) is 16.1 Å². The van der Waals surface area contributed by atoms with E-state index in [1.807, 2.05) is 32.0 Å². The monoisotopic (exact) mass is 248 g/mol. The van der Waals surface area contributed by atoms with Crippen molar-refractivity contribution in [2.45, 2.75) is 24.0 Å². The van der Waals surface area contributed by atoms with Crippen molar-refractivity contribution in [1.29, 1.82) is 0 Å². The maximum Gasteiger partial charge on any atom is 0.233 e. The Hall–Kier alpha value is -1.60.